The van der Waals surface area contributed by atoms with Crippen LogP contribution in [0, 0.1) is 6.92 Å². The fraction of sp³-hybridized carbons (Fsp3) is 0.115. The summed E-state index contributed by atoms with van der Waals surface area (Å²) >= 11 is 0. The summed E-state index contributed by atoms with van der Waals surface area (Å²) in [6.45, 7) is 2.22. The molecule has 0 atom stereocenters. The van der Waals surface area contributed by atoms with Gasteiger partial charge in [-0.1, -0.05) is 183 Å². The molecular weight excluding hydrogens is 763 g/mol. The van der Waals surface area contributed by atoms with Crippen LogP contribution >= 0.6 is 0 Å². The highest BCUT2D eigenvalue weighted by Crippen LogP contribution is 2.47. The van der Waals surface area contributed by atoms with E-state index in [4.69, 9.17) is 4.42 Å². The molecule has 0 aliphatic heterocycles. The molecule has 0 saturated heterocycles. The van der Waals surface area contributed by atoms with Crippen molar-refractivity contribution in [3.05, 3.63) is 211 Å². The third-order valence-corrected chi connectivity index (χ3v) is 13.8. The Kier molecular flexibility index (Phi) is 9.18. The summed E-state index contributed by atoms with van der Waals surface area (Å²) in [7, 11) is 0. The van der Waals surface area contributed by atoms with Gasteiger partial charge in [-0.25, -0.2) is 0 Å². The monoisotopic (exact) mass is 809 g/mol. The number of benzene rings is 10. The Balaban J connectivity index is 1.08. The first-order valence-electron chi connectivity index (χ1n) is 22.6. The van der Waals surface area contributed by atoms with E-state index in [0.717, 1.165) is 50.1 Å². The minimum atomic E-state index is 0.572. The van der Waals surface area contributed by atoms with E-state index < -0.39 is 0 Å². The summed E-state index contributed by atoms with van der Waals surface area (Å²) in [5, 5.41) is 10.1. The molecule has 1 aliphatic carbocycles. The van der Waals surface area contributed by atoms with Gasteiger partial charge in [-0.05, 0) is 128 Å². The smallest absolute Gasteiger partial charge is 0.143 e. The first-order valence-corrected chi connectivity index (χ1v) is 22.6. The van der Waals surface area contributed by atoms with Gasteiger partial charge in [0.15, 0.2) is 0 Å². The van der Waals surface area contributed by atoms with E-state index in [1.807, 2.05) is 6.07 Å². The van der Waals surface area contributed by atoms with Gasteiger partial charge in [-0.3, -0.25) is 0 Å². The lowest BCUT2D eigenvalue weighted by Gasteiger charge is -2.30. The van der Waals surface area contributed by atoms with Gasteiger partial charge in [0, 0.05) is 33.3 Å². The van der Waals surface area contributed by atoms with Crippen LogP contribution in [0.2, 0.25) is 0 Å². The van der Waals surface area contributed by atoms with Crippen molar-refractivity contribution in [1.82, 2.24) is 0 Å². The predicted octanol–water partition coefficient (Wildman–Crippen LogP) is 17.9. The number of aryl methyl sites for hydroxylation is 1. The molecule has 302 valence electrons. The zero-order chi connectivity index (χ0) is 41.9. The van der Waals surface area contributed by atoms with Crippen LogP contribution in [0.25, 0.3) is 87.6 Å². The number of fused-ring (bicyclic) bond motifs is 7. The van der Waals surface area contributed by atoms with Crippen molar-refractivity contribution in [2.75, 3.05) is 4.90 Å². The van der Waals surface area contributed by atoms with E-state index >= 15 is 0 Å². The van der Waals surface area contributed by atoms with Gasteiger partial charge in [0.05, 0.1) is 5.69 Å². The SMILES string of the molecule is Cc1cccc2ccc3c(-c4cccc(N(c5cccc(-c6cccc7c6oc6ccccc67)c5)c5ccccc5-c5cccc6cccc(C7CCCCC7)c56)c4)cccc3c12. The highest BCUT2D eigenvalue weighted by Gasteiger charge is 2.24. The maximum Gasteiger partial charge on any atom is 0.143 e. The van der Waals surface area contributed by atoms with Gasteiger partial charge in [0.2, 0.25) is 0 Å². The van der Waals surface area contributed by atoms with Gasteiger partial charge in [-0.15, -0.1) is 0 Å². The van der Waals surface area contributed by atoms with E-state index in [-0.39, 0.29) is 0 Å². The summed E-state index contributed by atoms with van der Waals surface area (Å²) in [5.41, 5.74) is 15.0. The number of nitrogens with zero attached hydrogens (tertiary/aromatic N) is 1. The van der Waals surface area contributed by atoms with Crippen molar-refractivity contribution in [3.8, 4) is 33.4 Å². The molecule has 0 unspecified atom stereocenters. The largest absolute Gasteiger partial charge is 0.455 e. The first kappa shape index (κ1) is 37.4. The molecule has 0 radical (unpaired) electrons. The molecule has 1 heterocycles. The number of furan rings is 1. The second kappa shape index (κ2) is 15.5. The van der Waals surface area contributed by atoms with Gasteiger partial charge in [-0.2, -0.15) is 0 Å². The topological polar surface area (TPSA) is 16.4 Å². The third-order valence-electron chi connectivity index (χ3n) is 13.8. The average molecular weight is 810 g/mol. The molecule has 2 nitrogen and oxygen atoms in total. The fourth-order valence-corrected chi connectivity index (χ4v) is 10.9. The molecule has 63 heavy (non-hydrogen) atoms. The Morgan fingerprint density at radius 1 is 0.429 bits per heavy atom. The summed E-state index contributed by atoms with van der Waals surface area (Å²) in [4.78, 5) is 2.48. The normalized spacial score (nSPS) is 13.4. The number of rotatable bonds is 7. The van der Waals surface area contributed by atoms with Gasteiger partial charge >= 0.3 is 0 Å². The van der Waals surface area contributed by atoms with Crippen molar-refractivity contribution in [3.63, 3.8) is 0 Å². The molecular formula is C61H47NO. The number of hydrogen-bond acceptors (Lipinski definition) is 2. The summed E-state index contributed by atoms with van der Waals surface area (Å²) < 4.78 is 6.61. The van der Waals surface area contributed by atoms with Crippen LogP contribution in [0.5, 0.6) is 0 Å². The minimum absolute atomic E-state index is 0.572. The molecule has 1 saturated carbocycles. The zero-order valence-corrected chi connectivity index (χ0v) is 35.5. The van der Waals surface area contributed by atoms with Crippen LogP contribution in [-0.4, -0.2) is 0 Å². The molecule has 1 fully saturated rings. The molecule has 11 aromatic rings. The van der Waals surface area contributed by atoms with Crippen LogP contribution in [0.4, 0.5) is 17.1 Å². The molecule has 0 amide bonds. The van der Waals surface area contributed by atoms with Crippen molar-refractivity contribution in [2.24, 2.45) is 0 Å². The van der Waals surface area contributed by atoms with Gasteiger partial charge < -0.3 is 9.32 Å². The maximum atomic E-state index is 6.61. The Bertz CT molecular complexity index is 3530. The van der Waals surface area contributed by atoms with E-state index in [1.54, 1.807) is 0 Å². The molecule has 0 spiro atoms. The first-order chi connectivity index (χ1) is 31.2. The molecule has 1 aromatic heterocycles. The molecule has 0 bridgehead atoms. The quantitative estimate of drug-likeness (QED) is 0.149. The lowest BCUT2D eigenvalue weighted by atomic mass is 9.80. The number of para-hydroxylation sites is 3. The number of hydrogen-bond donors (Lipinski definition) is 0. The van der Waals surface area contributed by atoms with Crippen molar-refractivity contribution < 1.29 is 4.42 Å². The van der Waals surface area contributed by atoms with E-state index in [2.05, 4.69) is 206 Å². The minimum Gasteiger partial charge on any atom is -0.455 e. The van der Waals surface area contributed by atoms with Crippen molar-refractivity contribution in [1.29, 1.82) is 0 Å². The zero-order valence-electron chi connectivity index (χ0n) is 35.5. The molecule has 2 heteroatoms. The Morgan fingerprint density at radius 3 is 1.86 bits per heavy atom. The van der Waals surface area contributed by atoms with E-state index in [1.165, 1.54) is 97.8 Å². The highest BCUT2D eigenvalue weighted by molar-refractivity contribution is 6.14. The Labute approximate surface area is 368 Å². The third kappa shape index (κ3) is 6.40. The van der Waals surface area contributed by atoms with Crippen molar-refractivity contribution in [2.45, 2.75) is 44.9 Å². The molecule has 1 aliphatic rings. The summed E-state index contributed by atoms with van der Waals surface area (Å²) in [6.07, 6.45) is 6.44. The van der Waals surface area contributed by atoms with Crippen LogP contribution in [0.15, 0.2) is 205 Å². The maximum absolute atomic E-state index is 6.61. The van der Waals surface area contributed by atoms with Crippen LogP contribution in [-0.2, 0) is 0 Å². The van der Waals surface area contributed by atoms with Crippen LogP contribution in [0.1, 0.15) is 49.1 Å². The Hall–Kier alpha value is -7.42. The summed E-state index contributed by atoms with van der Waals surface area (Å²) in [6, 6.07) is 73.9. The fourth-order valence-electron chi connectivity index (χ4n) is 10.9. The summed E-state index contributed by atoms with van der Waals surface area (Å²) in [5.74, 6) is 0.572. The molecule has 0 N–H and O–H groups in total. The lowest BCUT2D eigenvalue weighted by molar-refractivity contribution is 0.445. The second-order valence-corrected chi connectivity index (χ2v) is 17.5. The molecule has 12 rings (SSSR count). The second-order valence-electron chi connectivity index (χ2n) is 17.5. The molecule has 10 aromatic carbocycles. The Morgan fingerprint density at radius 2 is 1.03 bits per heavy atom. The van der Waals surface area contributed by atoms with Crippen LogP contribution in [0.3, 0.4) is 0 Å². The lowest BCUT2D eigenvalue weighted by Crippen LogP contribution is -2.12. The standard InChI is InChI=1S/C61H47NO/c1-40-16-9-19-43-36-37-51-48(28-14-32-54(51)59(40)43)44-22-10-24-46(38-44)62(47-25-11-23-45(39-47)50-30-15-33-56-53-27-6-8-35-58(53)63-61(50)56)57-34-7-5-26-52(57)55-31-13-21-42-20-12-29-49(60(42)55)41-17-3-2-4-18-41/h5-16,19-39,41H,2-4,17-18H2,1H3. The van der Waals surface area contributed by atoms with Gasteiger partial charge in [0.25, 0.3) is 0 Å². The van der Waals surface area contributed by atoms with Crippen LogP contribution < -0.4 is 4.90 Å². The van der Waals surface area contributed by atoms with E-state index in [9.17, 15) is 0 Å². The van der Waals surface area contributed by atoms with Gasteiger partial charge in [0.1, 0.15) is 11.2 Å². The average Bonchev–Trinajstić information content (AvgIpc) is 3.73. The van der Waals surface area contributed by atoms with E-state index in [0.29, 0.717) is 5.92 Å². The highest BCUT2D eigenvalue weighted by atomic mass is 16.3. The van der Waals surface area contributed by atoms with Crippen molar-refractivity contribution >= 4 is 71.3 Å². The number of anilines is 3. The predicted molar refractivity (Wildman–Crippen MR) is 268 cm³/mol.